The molecule has 0 spiro atoms. The molecule has 2 rings (SSSR count). The molecule has 0 atom stereocenters. The molecule has 0 aromatic heterocycles. The molecule has 3 N–H and O–H groups in total. The zero-order valence-corrected chi connectivity index (χ0v) is 18.2. The number of carbonyl (C=O) groups is 1. The number of ether oxygens (including phenoxy) is 1. The van der Waals surface area contributed by atoms with Gasteiger partial charge in [-0.1, -0.05) is 24.3 Å². The van der Waals surface area contributed by atoms with Crippen LogP contribution >= 0.6 is 0 Å². The molecule has 0 radical (unpaired) electrons. The van der Waals surface area contributed by atoms with E-state index in [1.165, 1.54) is 6.08 Å². The van der Waals surface area contributed by atoms with Crippen molar-refractivity contribution in [3.05, 3.63) is 83.0 Å². The van der Waals surface area contributed by atoms with Gasteiger partial charge in [0.1, 0.15) is 11.5 Å². The first-order valence-corrected chi connectivity index (χ1v) is 10.2. The van der Waals surface area contributed by atoms with Crippen LogP contribution in [0, 0.1) is 0 Å². The number of phenols is 1. The van der Waals surface area contributed by atoms with Gasteiger partial charge in [0.2, 0.25) is 0 Å². The molecule has 0 bridgehead atoms. The third kappa shape index (κ3) is 6.11. The van der Waals surface area contributed by atoms with Gasteiger partial charge in [0.25, 0.3) is 0 Å². The van der Waals surface area contributed by atoms with Gasteiger partial charge in [0.05, 0.1) is 11.7 Å². The standard InChI is InChI=1S/C26H31NO3/c1-5-7-9-20-17-21(10-8-6-2)26(30-18(3)4)23(25(20)29)15-16-24(28)19-11-13-22(27)14-12-19/h5-8,11-18,29H,9-10,27H2,1-4H3. The minimum atomic E-state index is -0.168. The highest BCUT2D eigenvalue weighted by molar-refractivity contribution is 6.07. The molecular weight excluding hydrogens is 374 g/mol. The number of allylic oxidation sites excluding steroid dienone is 5. The van der Waals surface area contributed by atoms with E-state index >= 15 is 0 Å². The van der Waals surface area contributed by atoms with Crippen molar-refractivity contribution in [1.82, 2.24) is 0 Å². The van der Waals surface area contributed by atoms with E-state index in [1.807, 2.05) is 58.1 Å². The number of aromatic hydroxyl groups is 1. The molecular formula is C26H31NO3. The summed E-state index contributed by atoms with van der Waals surface area (Å²) in [6.07, 6.45) is 12.3. The van der Waals surface area contributed by atoms with Gasteiger partial charge in [0, 0.05) is 11.3 Å². The van der Waals surface area contributed by atoms with Crippen LogP contribution in [0.2, 0.25) is 0 Å². The van der Waals surface area contributed by atoms with E-state index in [4.69, 9.17) is 10.5 Å². The van der Waals surface area contributed by atoms with E-state index in [1.54, 1.807) is 30.3 Å². The van der Waals surface area contributed by atoms with Gasteiger partial charge in [0.15, 0.2) is 5.78 Å². The minimum absolute atomic E-state index is 0.0740. The molecule has 0 fully saturated rings. The molecule has 30 heavy (non-hydrogen) atoms. The van der Waals surface area contributed by atoms with Crippen LogP contribution in [0.25, 0.3) is 6.08 Å². The molecule has 0 aliphatic heterocycles. The van der Waals surface area contributed by atoms with Crippen molar-refractivity contribution in [2.45, 2.75) is 46.6 Å². The second-order valence-electron chi connectivity index (χ2n) is 7.32. The van der Waals surface area contributed by atoms with E-state index in [-0.39, 0.29) is 17.6 Å². The first kappa shape index (κ1) is 23.0. The van der Waals surface area contributed by atoms with Crippen LogP contribution in [0.15, 0.2) is 60.7 Å². The Kier molecular flexibility index (Phi) is 8.48. The largest absolute Gasteiger partial charge is 0.507 e. The lowest BCUT2D eigenvalue weighted by atomic mass is 9.97. The van der Waals surface area contributed by atoms with Crippen molar-refractivity contribution >= 4 is 17.5 Å². The molecule has 0 saturated carbocycles. The smallest absolute Gasteiger partial charge is 0.185 e. The topological polar surface area (TPSA) is 72.5 Å². The number of benzene rings is 2. The molecule has 4 nitrogen and oxygen atoms in total. The predicted molar refractivity (Wildman–Crippen MR) is 125 cm³/mol. The van der Waals surface area contributed by atoms with Gasteiger partial charge in [-0.05, 0) is 94.1 Å². The molecule has 158 valence electrons. The van der Waals surface area contributed by atoms with Gasteiger partial charge in [-0.15, -0.1) is 0 Å². The molecule has 0 unspecified atom stereocenters. The minimum Gasteiger partial charge on any atom is -0.507 e. The maximum atomic E-state index is 12.6. The molecule has 0 heterocycles. The average Bonchev–Trinajstić information content (AvgIpc) is 2.72. The Labute approximate surface area is 179 Å². The summed E-state index contributed by atoms with van der Waals surface area (Å²) in [5, 5.41) is 11.0. The van der Waals surface area contributed by atoms with E-state index < -0.39 is 0 Å². The molecule has 0 amide bonds. The van der Waals surface area contributed by atoms with Crippen molar-refractivity contribution in [1.29, 1.82) is 0 Å². The summed E-state index contributed by atoms with van der Waals surface area (Å²) < 4.78 is 6.08. The summed E-state index contributed by atoms with van der Waals surface area (Å²) in [6, 6.07) is 8.74. The van der Waals surface area contributed by atoms with Crippen molar-refractivity contribution in [2.24, 2.45) is 0 Å². The summed E-state index contributed by atoms with van der Waals surface area (Å²) in [5.74, 6) is 0.569. The van der Waals surface area contributed by atoms with Crippen LogP contribution in [0.5, 0.6) is 11.5 Å². The lowest BCUT2D eigenvalue weighted by Gasteiger charge is -2.19. The zero-order valence-electron chi connectivity index (χ0n) is 18.2. The van der Waals surface area contributed by atoms with E-state index in [2.05, 4.69) is 0 Å². The van der Waals surface area contributed by atoms with Gasteiger partial charge in [-0.25, -0.2) is 0 Å². The van der Waals surface area contributed by atoms with E-state index in [0.717, 1.165) is 11.1 Å². The Balaban J connectivity index is 2.56. The maximum absolute atomic E-state index is 12.6. The highest BCUT2D eigenvalue weighted by Crippen LogP contribution is 2.38. The van der Waals surface area contributed by atoms with Gasteiger partial charge in [-0.2, -0.15) is 0 Å². The highest BCUT2D eigenvalue weighted by Gasteiger charge is 2.18. The number of rotatable bonds is 9. The van der Waals surface area contributed by atoms with Crippen LogP contribution in [0.1, 0.15) is 54.7 Å². The SMILES string of the molecule is CC=CCc1cc(CC=CC)c(OC(C)C)c(C=CC(=O)c2ccc(N)cc2)c1O. The lowest BCUT2D eigenvalue weighted by molar-refractivity contribution is 0.104. The average molecular weight is 406 g/mol. The van der Waals surface area contributed by atoms with Crippen LogP contribution in [0.4, 0.5) is 5.69 Å². The number of anilines is 1. The van der Waals surface area contributed by atoms with Gasteiger partial charge >= 0.3 is 0 Å². The zero-order chi connectivity index (χ0) is 22.1. The van der Waals surface area contributed by atoms with Crippen molar-refractivity contribution in [3.63, 3.8) is 0 Å². The van der Waals surface area contributed by atoms with E-state index in [9.17, 15) is 9.90 Å². The quantitative estimate of drug-likeness (QED) is 0.236. The van der Waals surface area contributed by atoms with Crippen LogP contribution < -0.4 is 10.5 Å². The molecule has 0 saturated heterocycles. The lowest BCUT2D eigenvalue weighted by Crippen LogP contribution is -2.10. The molecule has 2 aromatic carbocycles. The predicted octanol–water partition coefficient (Wildman–Crippen LogP) is 5.89. The van der Waals surface area contributed by atoms with Crippen LogP contribution in [0.3, 0.4) is 0 Å². The Morgan fingerprint density at radius 2 is 1.67 bits per heavy atom. The molecule has 0 aliphatic rings. The first-order chi connectivity index (χ1) is 14.4. The normalized spacial score (nSPS) is 11.9. The monoisotopic (exact) mass is 405 g/mol. The summed E-state index contributed by atoms with van der Waals surface area (Å²) in [7, 11) is 0. The maximum Gasteiger partial charge on any atom is 0.185 e. The number of nitrogen functional groups attached to an aromatic ring is 1. The van der Waals surface area contributed by atoms with Crippen molar-refractivity contribution < 1.29 is 14.6 Å². The first-order valence-electron chi connectivity index (χ1n) is 10.2. The highest BCUT2D eigenvalue weighted by atomic mass is 16.5. The molecule has 0 aliphatic carbocycles. The Morgan fingerprint density at radius 3 is 2.23 bits per heavy atom. The van der Waals surface area contributed by atoms with Gasteiger partial charge in [-0.3, -0.25) is 4.79 Å². The number of carbonyl (C=O) groups excluding carboxylic acids is 1. The summed E-state index contributed by atoms with van der Waals surface area (Å²) in [5.41, 5.74) is 9.12. The van der Waals surface area contributed by atoms with Crippen LogP contribution in [-0.2, 0) is 12.8 Å². The number of ketones is 1. The second kappa shape index (κ2) is 11.1. The fraction of sp³-hybridized carbons (Fsp3) is 0.269. The fourth-order valence-corrected chi connectivity index (χ4v) is 3.03. The third-order valence-corrected chi connectivity index (χ3v) is 4.54. The fourth-order valence-electron chi connectivity index (χ4n) is 3.03. The third-order valence-electron chi connectivity index (χ3n) is 4.54. The Bertz CT molecular complexity index is 951. The molecule has 2 aromatic rings. The second-order valence-corrected chi connectivity index (χ2v) is 7.32. The van der Waals surface area contributed by atoms with Crippen molar-refractivity contribution in [2.75, 3.05) is 5.73 Å². The summed E-state index contributed by atoms with van der Waals surface area (Å²) >= 11 is 0. The Morgan fingerprint density at radius 1 is 1.07 bits per heavy atom. The number of hydrogen-bond acceptors (Lipinski definition) is 4. The van der Waals surface area contributed by atoms with E-state index in [0.29, 0.717) is 35.4 Å². The number of hydrogen-bond donors (Lipinski definition) is 2. The van der Waals surface area contributed by atoms with Crippen molar-refractivity contribution in [3.8, 4) is 11.5 Å². The molecule has 4 heteroatoms. The number of phenolic OH excluding ortho intramolecular Hbond substituents is 1. The Hall–Kier alpha value is -3.27. The van der Waals surface area contributed by atoms with Crippen LogP contribution in [-0.4, -0.2) is 17.0 Å². The van der Waals surface area contributed by atoms with Gasteiger partial charge < -0.3 is 15.6 Å². The summed E-state index contributed by atoms with van der Waals surface area (Å²) in [4.78, 5) is 12.6. The summed E-state index contributed by atoms with van der Waals surface area (Å²) in [6.45, 7) is 7.80. The number of nitrogens with two attached hydrogens (primary N) is 1.